The van der Waals surface area contributed by atoms with Gasteiger partial charge in [-0.1, -0.05) is 40.9 Å². The van der Waals surface area contributed by atoms with Crippen molar-refractivity contribution in [2.45, 2.75) is 16.9 Å². The summed E-state index contributed by atoms with van der Waals surface area (Å²) in [7, 11) is -3.87. The van der Waals surface area contributed by atoms with E-state index in [4.69, 9.17) is 32.4 Å². The molecular formula is C18H12Cl2O5S. The molecule has 0 radical (unpaired) electrons. The lowest BCUT2D eigenvalue weighted by atomic mass is 10.2. The number of rotatable bonds is 4. The van der Waals surface area contributed by atoms with Crippen LogP contribution < -0.4 is 4.74 Å². The molecule has 0 unspecified atom stereocenters. The Bertz CT molecular complexity index is 1070. The second kappa shape index (κ2) is 7.15. The fraction of sp³-hybridized carbons (Fsp3) is 0.0556. The summed E-state index contributed by atoms with van der Waals surface area (Å²) >= 11 is 11.7. The van der Waals surface area contributed by atoms with E-state index in [1.165, 1.54) is 42.5 Å². The third kappa shape index (κ3) is 3.77. The third-order valence-electron chi connectivity index (χ3n) is 3.48. The maximum Gasteiger partial charge on any atom is 0.379 e. The van der Waals surface area contributed by atoms with Crippen LogP contribution in [0.1, 0.15) is 16.1 Å². The molecular weight excluding hydrogens is 399 g/mol. The van der Waals surface area contributed by atoms with E-state index in [2.05, 4.69) is 0 Å². The van der Waals surface area contributed by atoms with Gasteiger partial charge in [0.25, 0.3) is 0 Å². The smallest absolute Gasteiger partial charge is 0.379 e. The normalized spacial score (nSPS) is 11.3. The highest BCUT2D eigenvalue weighted by Gasteiger charge is 2.24. The molecule has 3 aromatic rings. The van der Waals surface area contributed by atoms with E-state index in [9.17, 15) is 13.2 Å². The Labute approximate surface area is 160 Å². The zero-order valence-electron chi connectivity index (χ0n) is 13.4. The van der Waals surface area contributed by atoms with E-state index in [1.807, 2.05) is 6.92 Å². The number of esters is 1. The van der Waals surface area contributed by atoms with Crippen molar-refractivity contribution in [3.63, 3.8) is 0 Å². The fourth-order valence-electron chi connectivity index (χ4n) is 2.12. The molecule has 0 fully saturated rings. The Morgan fingerprint density at radius 3 is 2.35 bits per heavy atom. The van der Waals surface area contributed by atoms with Crippen molar-refractivity contribution in [3.8, 4) is 5.75 Å². The van der Waals surface area contributed by atoms with Crippen LogP contribution in [0, 0.1) is 6.92 Å². The number of furan rings is 1. The molecule has 3 rings (SSSR count). The SMILES string of the molecule is Cc1ccc(S(=O)(=O)c2ccc(C(=O)Oc3ccc(Cl)cc3Cl)o2)cc1. The van der Waals surface area contributed by atoms with Crippen LogP contribution in [-0.2, 0) is 9.84 Å². The molecule has 0 bridgehead atoms. The Kier molecular flexibility index (Phi) is 5.09. The number of aryl methyl sites for hydroxylation is 1. The number of ether oxygens (including phenoxy) is 1. The van der Waals surface area contributed by atoms with Crippen LogP contribution in [0.5, 0.6) is 5.75 Å². The summed E-state index contributed by atoms with van der Waals surface area (Å²) in [5.74, 6) is -1.05. The Morgan fingerprint density at radius 1 is 1.00 bits per heavy atom. The number of benzene rings is 2. The van der Waals surface area contributed by atoms with Crippen LogP contribution >= 0.6 is 23.2 Å². The Morgan fingerprint density at radius 2 is 1.69 bits per heavy atom. The van der Waals surface area contributed by atoms with E-state index in [0.717, 1.165) is 5.56 Å². The molecule has 134 valence electrons. The van der Waals surface area contributed by atoms with Crippen molar-refractivity contribution < 1.29 is 22.4 Å². The van der Waals surface area contributed by atoms with Gasteiger partial charge in [0.1, 0.15) is 5.75 Å². The van der Waals surface area contributed by atoms with Crippen molar-refractivity contribution in [3.05, 3.63) is 76.0 Å². The van der Waals surface area contributed by atoms with Gasteiger partial charge in [0, 0.05) is 5.02 Å². The number of hydrogen-bond acceptors (Lipinski definition) is 5. The van der Waals surface area contributed by atoms with E-state index in [1.54, 1.807) is 12.1 Å². The van der Waals surface area contributed by atoms with Gasteiger partial charge in [-0.05, 0) is 49.4 Å². The monoisotopic (exact) mass is 410 g/mol. The highest BCUT2D eigenvalue weighted by molar-refractivity contribution is 7.91. The van der Waals surface area contributed by atoms with Crippen LogP contribution in [0.4, 0.5) is 0 Å². The lowest BCUT2D eigenvalue weighted by molar-refractivity contribution is 0.0695. The van der Waals surface area contributed by atoms with Gasteiger partial charge >= 0.3 is 5.97 Å². The van der Waals surface area contributed by atoms with Gasteiger partial charge in [-0.3, -0.25) is 0 Å². The third-order valence-corrected chi connectivity index (χ3v) is 5.65. The van der Waals surface area contributed by atoms with Crippen LogP contribution in [-0.4, -0.2) is 14.4 Å². The summed E-state index contributed by atoms with van der Waals surface area (Å²) in [6, 6.07) is 13.1. The fourth-order valence-corrected chi connectivity index (χ4v) is 3.74. The summed E-state index contributed by atoms with van der Waals surface area (Å²) in [4.78, 5) is 12.2. The van der Waals surface area contributed by atoms with E-state index in [-0.39, 0.29) is 26.5 Å². The first-order valence-electron chi connectivity index (χ1n) is 7.36. The van der Waals surface area contributed by atoms with E-state index in [0.29, 0.717) is 5.02 Å². The molecule has 0 aliphatic carbocycles. The first-order valence-corrected chi connectivity index (χ1v) is 9.60. The zero-order chi connectivity index (χ0) is 18.9. The van der Waals surface area contributed by atoms with Crippen LogP contribution in [0.3, 0.4) is 0 Å². The molecule has 0 amide bonds. The summed E-state index contributed by atoms with van der Waals surface area (Å²) in [6.07, 6.45) is 0. The summed E-state index contributed by atoms with van der Waals surface area (Å²) < 4.78 is 35.4. The predicted octanol–water partition coefficient (Wildman–Crippen LogP) is 4.95. The topological polar surface area (TPSA) is 73.6 Å². The summed E-state index contributed by atoms with van der Waals surface area (Å²) in [5.41, 5.74) is 0.924. The minimum atomic E-state index is -3.87. The number of carbonyl (C=O) groups excluding carboxylic acids is 1. The van der Waals surface area contributed by atoms with E-state index < -0.39 is 15.8 Å². The standard InChI is InChI=1S/C18H12Cl2O5S/c1-11-2-5-13(6-3-11)26(22,23)17-9-8-16(24-17)18(21)25-15-7-4-12(19)10-14(15)20/h2-10H,1H3. The molecule has 0 spiro atoms. The number of hydrogen-bond donors (Lipinski definition) is 0. The largest absolute Gasteiger partial charge is 0.437 e. The van der Waals surface area contributed by atoms with Crippen molar-refractivity contribution in [1.29, 1.82) is 0 Å². The maximum atomic E-state index is 12.5. The highest BCUT2D eigenvalue weighted by atomic mass is 35.5. The van der Waals surface area contributed by atoms with Crippen LogP contribution in [0.25, 0.3) is 0 Å². The van der Waals surface area contributed by atoms with Gasteiger partial charge in [-0.15, -0.1) is 0 Å². The molecule has 5 nitrogen and oxygen atoms in total. The Hall–Kier alpha value is -2.28. The van der Waals surface area contributed by atoms with Gasteiger partial charge in [-0.25, -0.2) is 13.2 Å². The highest BCUT2D eigenvalue weighted by Crippen LogP contribution is 2.29. The molecule has 0 aliphatic heterocycles. The lowest BCUT2D eigenvalue weighted by Crippen LogP contribution is -2.08. The van der Waals surface area contributed by atoms with Gasteiger partial charge in [0.2, 0.25) is 20.7 Å². The van der Waals surface area contributed by atoms with E-state index >= 15 is 0 Å². The molecule has 0 aliphatic rings. The number of carbonyl (C=O) groups is 1. The first kappa shape index (κ1) is 18.5. The predicted molar refractivity (Wildman–Crippen MR) is 96.8 cm³/mol. The minimum absolute atomic E-state index is 0.0677. The van der Waals surface area contributed by atoms with Crippen molar-refractivity contribution >= 4 is 39.0 Å². The Balaban J connectivity index is 1.85. The number of halogens is 2. The van der Waals surface area contributed by atoms with Gasteiger partial charge < -0.3 is 9.15 Å². The molecule has 0 N–H and O–H groups in total. The van der Waals surface area contributed by atoms with Gasteiger partial charge in [0.05, 0.1) is 9.92 Å². The molecule has 2 aromatic carbocycles. The molecule has 1 heterocycles. The lowest BCUT2D eigenvalue weighted by Gasteiger charge is -2.05. The molecule has 0 saturated carbocycles. The minimum Gasteiger partial charge on any atom is -0.437 e. The second-order valence-electron chi connectivity index (χ2n) is 5.40. The van der Waals surface area contributed by atoms with Crippen LogP contribution in [0.2, 0.25) is 10.0 Å². The van der Waals surface area contributed by atoms with Crippen LogP contribution in [0.15, 0.2) is 69.0 Å². The van der Waals surface area contributed by atoms with Gasteiger partial charge in [-0.2, -0.15) is 0 Å². The molecule has 1 aromatic heterocycles. The van der Waals surface area contributed by atoms with Crippen molar-refractivity contribution in [2.24, 2.45) is 0 Å². The summed E-state index contributed by atoms with van der Waals surface area (Å²) in [5, 5.41) is 0.180. The average Bonchev–Trinajstić information content (AvgIpc) is 3.09. The number of sulfone groups is 1. The molecule has 8 heteroatoms. The molecule has 26 heavy (non-hydrogen) atoms. The molecule has 0 atom stereocenters. The molecule has 0 saturated heterocycles. The quantitative estimate of drug-likeness (QED) is 0.449. The summed E-state index contributed by atoms with van der Waals surface area (Å²) in [6.45, 7) is 1.85. The van der Waals surface area contributed by atoms with Crippen molar-refractivity contribution in [2.75, 3.05) is 0 Å². The maximum absolute atomic E-state index is 12.5. The first-order chi connectivity index (χ1) is 12.3. The van der Waals surface area contributed by atoms with Gasteiger partial charge in [0.15, 0.2) is 0 Å². The average molecular weight is 411 g/mol. The van der Waals surface area contributed by atoms with Crippen molar-refractivity contribution in [1.82, 2.24) is 0 Å². The zero-order valence-corrected chi connectivity index (χ0v) is 15.7. The second-order valence-corrected chi connectivity index (χ2v) is 8.12.